The topological polar surface area (TPSA) is 46.6 Å². The molecule has 4 rings (SSSR count). The minimum Gasteiger partial charge on any atom is -0.454 e. The molecule has 0 amide bonds. The van der Waals surface area contributed by atoms with Crippen molar-refractivity contribution in [2.45, 2.75) is 52.1 Å². The van der Waals surface area contributed by atoms with Gasteiger partial charge in [0.2, 0.25) is 6.79 Å². The lowest BCUT2D eigenvalue weighted by molar-refractivity contribution is 0.173. The van der Waals surface area contributed by atoms with Crippen molar-refractivity contribution in [3.8, 4) is 11.5 Å². The van der Waals surface area contributed by atoms with Gasteiger partial charge in [-0.15, -0.1) is 0 Å². The molecule has 1 aromatic carbocycles. The molecule has 0 spiro atoms. The third-order valence-electron chi connectivity index (χ3n) is 5.72. The standard InChI is InChI=1S/C23H31N3O2/c1-17(2)22(25-15-19-8-7-9-20-23(19)28-16-27-20)18-10-11-24-21(14-18)26-12-5-3-4-6-13-26/h7-11,14,17,22,25H,3-6,12-13,15-16H2,1-2H3. The third-order valence-corrected chi connectivity index (χ3v) is 5.72. The highest BCUT2D eigenvalue weighted by Gasteiger charge is 2.21. The fourth-order valence-corrected chi connectivity index (χ4v) is 4.19. The molecule has 1 saturated heterocycles. The van der Waals surface area contributed by atoms with Crippen LogP contribution in [0.1, 0.15) is 56.7 Å². The number of nitrogens with zero attached hydrogens (tertiary/aromatic N) is 2. The van der Waals surface area contributed by atoms with Crippen LogP contribution in [0.2, 0.25) is 0 Å². The first-order valence-electron chi connectivity index (χ1n) is 10.5. The summed E-state index contributed by atoms with van der Waals surface area (Å²) in [6, 6.07) is 10.8. The largest absolute Gasteiger partial charge is 0.454 e. The Balaban J connectivity index is 1.50. The van der Waals surface area contributed by atoms with Crippen LogP contribution in [0.4, 0.5) is 5.82 Å². The summed E-state index contributed by atoms with van der Waals surface area (Å²) in [7, 11) is 0. The first kappa shape index (κ1) is 19.1. The Hall–Kier alpha value is -2.27. The summed E-state index contributed by atoms with van der Waals surface area (Å²) in [5, 5.41) is 3.74. The summed E-state index contributed by atoms with van der Waals surface area (Å²) >= 11 is 0. The lowest BCUT2D eigenvalue weighted by Gasteiger charge is -2.26. The predicted octanol–water partition coefficient (Wildman–Crippen LogP) is 4.68. The van der Waals surface area contributed by atoms with Crippen molar-refractivity contribution in [3.63, 3.8) is 0 Å². The van der Waals surface area contributed by atoms with Gasteiger partial charge in [0.05, 0.1) is 0 Å². The van der Waals surface area contributed by atoms with Gasteiger partial charge in [-0.2, -0.15) is 0 Å². The molecule has 1 N–H and O–H groups in total. The van der Waals surface area contributed by atoms with E-state index < -0.39 is 0 Å². The minimum atomic E-state index is 0.256. The zero-order valence-electron chi connectivity index (χ0n) is 17.0. The van der Waals surface area contributed by atoms with Crippen LogP contribution in [-0.2, 0) is 6.54 Å². The van der Waals surface area contributed by atoms with Crippen molar-refractivity contribution >= 4 is 5.82 Å². The van der Waals surface area contributed by atoms with E-state index in [1.807, 2.05) is 18.3 Å². The number of hydrogen-bond donors (Lipinski definition) is 1. The SMILES string of the molecule is CC(C)C(NCc1cccc2c1OCO2)c1ccnc(N2CCCCCC2)c1. The third kappa shape index (κ3) is 4.25. The van der Waals surface area contributed by atoms with E-state index in [4.69, 9.17) is 9.47 Å². The summed E-state index contributed by atoms with van der Waals surface area (Å²) in [5.41, 5.74) is 2.44. The fourth-order valence-electron chi connectivity index (χ4n) is 4.19. The van der Waals surface area contributed by atoms with E-state index >= 15 is 0 Å². The molecule has 2 aliphatic heterocycles. The molecule has 1 aromatic heterocycles. The second kappa shape index (κ2) is 8.82. The number of fused-ring (bicyclic) bond motifs is 1. The second-order valence-corrected chi connectivity index (χ2v) is 8.10. The van der Waals surface area contributed by atoms with Gasteiger partial charge in [0, 0.05) is 37.4 Å². The van der Waals surface area contributed by atoms with Gasteiger partial charge in [-0.1, -0.05) is 38.8 Å². The molecule has 5 nitrogen and oxygen atoms in total. The molecule has 0 radical (unpaired) electrons. The average Bonchev–Trinajstić information content (AvgIpc) is 3.02. The highest BCUT2D eigenvalue weighted by molar-refractivity contribution is 5.48. The quantitative estimate of drug-likeness (QED) is 0.787. The van der Waals surface area contributed by atoms with Crippen LogP contribution in [0.3, 0.4) is 0 Å². The maximum absolute atomic E-state index is 5.66. The van der Waals surface area contributed by atoms with Gasteiger partial charge in [0.25, 0.3) is 0 Å². The Kier molecular flexibility index (Phi) is 6.01. The number of pyridine rings is 1. The molecule has 2 aliphatic rings. The van der Waals surface area contributed by atoms with Gasteiger partial charge in [-0.05, 0) is 42.5 Å². The molecule has 2 aromatic rings. The first-order chi connectivity index (χ1) is 13.7. The number of benzene rings is 1. The molecule has 1 atom stereocenters. The van der Waals surface area contributed by atoms with E-state index in [9.17, 15) is 0 Å². The van der Waals surface area contributed by atoms with E-state index in [-0.39, 0.29) is 6.04 Å². The summed E-state index contributed by atoms with van der Waals surface area (Å²) in [6.45, 7) is 7.81. The highest BCUT2D eigenvalue weighted by atomic mass is 16.7. The molecular formula is C23H31N3O2. The van der Waals surface area contributed by atoms with Gasteiger partial charge in [0.1, 0.15) is 5.82 Å². The molecule has 1 unspecified atom stereocenters. The smallest absolute Gasteiger partial charge is 0.231 e. The number of aromatic nitrogens is 1. The van der Waals surface area contributed by atoms with Crippen LogP contribution >= 0.6 is 0 Å². The first-order valence-corrected chi connectivity index (χ1v) is 10.5. The summed E-state index contributed by atoms with van der Waals surface area (Å²) in [4.78, 5) is 7.12. The fraction of sp³-hybridized carbons (Fsp3) is 0.522. The second-order valence-electron chi connectivity index (χ2n) is 8.10. The Labute approximate surface area is 168 Å². The number of rotatable bonds is 6. The van der Waals surface area contributed by atoms with Crippen molar-refractivity contribution in [2.75, 3.05) is 24.8 Å². The van der Waals surface area contributed by atoms with Crippen molar-refractivity contribution < 1.29 is 9.47 Å². The van der Waals surface area contributed by atoms with Crippen molar-refractivity contribution in [1.29, 1.82) is 0 Å². The zero-order chi connectivity index (χ0) is 19.3. The van der Waals surface area contributed by atoms with Gasteiger partial charge in [-0.25, -0.2) is 4.98 Å². The lowest BCUT2D eigenvalue weighted by Crippen LogP contribution is -2.27. The van der Waals surface area contributed by atoms with Crippen molar-refractivity contribution in [2.24, 2.45) is 5.92 Å². The van der Waals surface area contributed by atoms with Crippen LogP contribution in [-0.4, -0.2) is 24.9 Å². The molecule has 3 heterocycles. The van der Waals surface area contributed by atoms with Crippen LogP contribution in [0.5, 0.6) is 11.5 Å². The lowest BCUT2D eigenvalue weighted by atomic mass is 9.96. The van der Waals surface area contributed by atoms with Crippen molar-refractivity contribution in [3.05, 3.63) is 47.7 Å². The molecule has 0 saturated carbocycles. The molecule has 0 aliphatic carbocycles. The van der Waals surface area contributed by atoms with Crippen LogP contribution in [0.15, 0.2) is 36.5 Å². The maximum Gasteiger partial charge on any atom is 0.231 e. The molecule has 0 bridgehead atoms. The molecule has 5 heteroatoms. The molecular weight excluding hydrogens is 350 g/mol. The van der Waals surface area contributed by atoms with Gasteiger partial charge in [0.15, 0.2) is 11.5 Å². The molecule has 28 heavy (non-hydrogen) atoms. The van der Waals surface area contributed by atoms with E-state index in [1.165, 1.54) is 31.2 Å². The Morgan fingerprint density at radius 1 is 1.07 bits per heavy atom. The van der Waals surface area contributed by atoms with E-state index in [0.717, 1.165) is 42.5 Å². The van der Waals surface area contributed by atoms with E-state index in [1.54, 1.807) is 0 Å². The number of nitrogens with one attached hydrogen (secondary N) is 1. The highest BCUT2D eigenvalue weighted by Crippen LogP contribution is 2.36. The van der Waals surface area contributed by atoms with Gasteiger partial charge in [-0.3, -0.25) is 0 Å². The normalized spacial score (nSPS) is 17.6. The molecule has 1 fully saturated rings. The Morgan fingerprint density at radius 3 is 2.68 bits per heavy atom. The number of para-hydroxylation sites is 1. The summed E-state index contributed by atoms with van der Waals surface area (Å²) in [5.74, 6) is 3.29. The minimum absolute atomic E-state index is 0.256. The summed E-state index contributed by atoms with van der Waals surface area (Å²) < 4.78 is 11.2. The average molecular weight is 382 g/mol. The van der Waals surface area contributed by atoms with Crippen LogP contribution in [0, 0.1) is 5.92 Å². The Bertz CT molecular complexity index is 785. The zero-order valence-corrected chi connectivity index (χ0v) is 17.0. The number of anilines is 1. The predicted molar refractivity (Wildman–Crippen MR) is 112 cm³/mol. The van der Waals surface area contributed by atoms with E-state index in [0.29, 0.717) is 12.7 Å². The maximum atomic E-state index is 5.66. The van der Waals surface area contributed by atoms with Crippen LogP contribution in [0.25, 0.3) is 0 Å². The van der Waals surface area contributed by atoms with Crippen molar-refractivity contribution in [1.82, 2.24) is 10.3 Å². The van der Waals surface area contributed by atoms with Gasteiger partial charge >= 0.3 is 0 Å². The monoisotopic (exact) mass is 381 g/mol. The van der Waals surface area contributed by atoms with Crippen LogP contribution < -0.4 is 19.7 Å². The molecule has 150 valence electrons. The number of hydrogen-bond acceptors (Lipinski definition) is 5. The van der Waals surface area contributed by atoms with Gasteiger partial charge < -0.3 is 19.7 Å². The summed E-state index contributed by atoms with van der Waals surface area (Å²) in [6.07, 6.45) is 7.15. The van der Waals surface area contributed by atoms with E-state index in [2.05, 4.69) is 47.2 Å². The number of ether oxygens (including phenoxy) is 2. The Morgan fingerprint density at radius 2 is 1.89 bits per heavy atom.